The van der Waals surface area contributed by atoms with Crippen LogP contribution in [-0.2, 0) is 11.3 Å². The van der Waals surface area contributed by atoms with Crippen LogP contribution in [-0.4, -0.2) is 17.8 Å². The van der Waals surface area contributed by atoms with Gasteiger partial charge in [0.05, 0.1) is 19.3 Å². The van der Waals surface area contributed by atoms with E-state index in [2.05, 4.69) is 37.5 Å². The van der Waals surface area contributed by atoms with Crippen LogP contribution in [0.3, 0.4) is 0 Å². The molecule has 114 valence electrons. The highest BCUT2D eigenvalue weighted by molar-refractivity contribution is 5.25. The molecule has 1 aromatic carbocycles. The van der Waals surface area contributed by atoms with Crippen molar-refractivity contribution in [2.75, 3.05) is 6.61 Å². The lowest BCUT2D eigenvalue weighted by molar-refractivity contribution is 0.126. The lowest BCUT2D eigenvalue weighted by Crippen LogP contribution is -2.05. The SMILES string of the molecule is C=C(C#CCCOCc1ccccc1)CCC(O)CCC. The molecule has 0 aliphatic carbocycles. The number of ether oxygens (including phenoxy) is 1. The van der Waals surface area contributed by atoms with Gasteiger partial charge in [0, 0.05) is 6.42 Å². The first-order valence-electron chi connectivity index (χ1n) is 7.68. The van der Waals surface area contributed by atoms with Gasteiger partial charge < -0.3 is 9.84 Å². The molecule has 0 aliphatic heterocycles. The van der Waals surface area contributed by atoms with E-state index in [9.17, 15) is 5.11 Å². The van der Waals surface area contributed by atoms with Gasteiger partial charge in [0.25, 0.3) is 0 Å². The molecular formula is C19H26O2. The molecule has 21 heavy (non-hydrogen) atoms. The van der Waals surface area contributed by atoms with Crippen molar-refractivity contribution < 1.29 is 9.84 Å². The van der Waals surface area contributed by atoms with Crippen LogP contribution in [0.4, 0.5) is 0 Å². The number of allylic oxidation sites excluding steroid dienone is 1. The molecule has 0 heterocycles. The maximum atomic E-state index is 9.64. The summed E-state index contributed by atoms with van der Waals surface area (Å²) in [6, 6.07) is 10.1. The Hall–Kier alpha value is -1.56. The van der Waals surface area contributed by atoms with E-state index in [0.717, 1.165) is 31.3 Å². The van der Waals surface area contributed by atoms with E-state index in [4.69, 9.17) is 4.74 Å². The van der Waals surface area contributed by atoms with E-state index in [-0.39, 0.29) is 6.10 Å². The van der Waals surface area contributed by atoms with Gasteiger partial charge in [-0.1, -0.05) is 62.1 Å². The molecule has 1 N–H and O–H groups in total. The van der Waals surface area contributed by atoms with Crippen LogP contribution in [0.1, 0.15) is 44.6 Å². The molecule has 2 nitrogen and oxygen atoms in total. The van der Waals surface area contributed by atoms with Gasteiger partial charge in [0.1, 0.15) is 0 Å². The van der Waals surface area contributed by atoms with E-state index in [1.54, 1.807) is 0 Å². The molecule has 0 bridgehead atoms. The average molecular weight is 286 g/mol. The summed E-state index contributed by atoms with van der Waals surface area (Å²) in [5.41, 5.74) is 2.08. The second-order valence-electron chi connectivity index (χ2n) is 5.17. The van der Waals surface area contributed by atoms with E-state index < -0.39 is 0 Å². The van der Waals surface area contributed by atoms with Crippen LogP contribution < -0.4 is 0 Å². The highest BCUT2D eigenvalue weighted by Crippen LogP contribution is 2.08. The molecule has 0 amide bonds. The first-order chi connectivity index (χ1) is 10.2. The minimum atomic E-state index is -0.220. The molecule has 0 saturated heterocycles. The summed E-state index contributed by atoms with van der Waals surface area (Å²) in [5.74, 6) is 6.11. The molecule has 2 heteroatoms. The Morgan fingerprint density at radius 2 is 2.05 bits per heavy atom. The molecule has 1 aromatic rings. The number of hydrogen-bond donors (Lipinski definition) is 1. The lowest BCUT2D eigenvalue weighted by atomic mass is 10.1. The number of aliphatic hydroxyl groups excluding tert-OH is 1. The molecular weight excluding hydrogens is 260 g/mol. The highest BCUT2D eigenvalue weighted by Gasteiger charge is 2.02. The van der Waals surface area contributed by atoms with Crippen molar-refractivity contribution in [3.8, 4) is 11.8 Å². The summed E-state index contributed by atoms with van der Waals surface area (Å²) in [7, 11) is 0. The van der Waals surface area contributed by atoms with Crippen molar-refractivity contribution >= 4 is 0 Å². The fourth-order valence-electron chi connectivity index (χ4n) is 1.96. The van der Waals surface area contributed by atoms with Crippen molar-refractivity contribution in [3.05, 3.63) is 48.0 Å². The van der Waals surface area contributed by atoms with Crippen molar-refractivity contribution in [3.63, 3.8) is 0 Å². The van der Waals surface area contributed by atoms with E-state index >= 15 is 0 Å². The average Bonchev–Trinajstić information content (AvgIpc) is 2.50. The topological polar surface area (TPSA) is 29.5 Å². The van der Waals surface area contributed by atoms with Gasteiger partial charge in [-0.15, -0.1) is 0 Å². The van der Waals surface area contributed by atoms with Crippen LogP contribution >= 0.6 is 0 Å². The molecule has 1 rings (SSSR count). The number of benzene rings is 1. The zero-order chi connectivity index (χ0) is 15.3. The Labute approximate surface area is 128 Å². The van der Waals surface area contributed by atoms with Gasteiger partial charge in [-0.3, -0.25) is 0 Å². The monoisotopic (exact) mass is 286 g/mol. The Kier molecular flexibility index (Phi) is 9.28. The van der Waals surface area contributed by atoms with E-state index in [1.807, 2.05) is 18.2 Å². The highest BCUT2D eigenvalue weighted by atomic mass is 16.5. The first kappa shape index (κ1) is 17.5. The second kappa shape index (κ2) is 11.1. The Morgan fingerprint density at radius 1 is 1.29 bits per heavy atom. The number of rotatable bonds is 9. The van der Waals surface area contributed by atoms with Crippen LogP contribution in [0.2, 0.25) is 0 Å². The van der Waals surface area contributed by atoms with E-state index in [1.165, 1.54) is 5.56 Å². The van der Waals surface area contributed by atoms with Crippen LogP contribution in [0.15, 0.2) is 42.5 Å². The van der Waals surface area contributed by atoms with Crippen LogP contribution in [0.25, 0.3) is 0 Å². The van der Waals surface area contributed by atoms with Gasteiger partial charge in [-0.25, -0.2) is 0 Å². The molecule has 0 aromatic heterocycles. The zero-order valence-corrected chi connectivity index (χ0v) is 13.0. The minimum absolute atomic E-state index is 0.220. The fraction of sp³-hybridized carbons (Fsp3) is 0.474. The Morgan fingerprint density at radius 3 is 2.76 bits per heavy atom. The van der Waals surface area contributed by atoms with Crippen molar-refractivity contribution in [2.24, 2.45) is 0 Å². The van der Waals surface area contributed by atoms with Crippen molar-refractivity contribution in [2.45, 2.75) is 51.7 Å². The summed E-state index contributed by atoms with van der Waals surface area (Å²) < 4.78 is 5.56. The molecule has 0 fully saturated rings. The van der Waals surface area contributed by atoms with Crippen LogP contribution in [0, 0.1) is 11.8 Å². The van der Waals surface area contributed by atoms with Gasteiger partial charge in [0.2, 0.25) is 0 Å². The zero-order valence-electron chi connectivity index (χ0n) is 13.0. The Balaban J connectivity index is 2.08. The molecule has 1 unspecified atom stereocenters. The van der Waals surface area contributed by atoms with Gasteiger partial charge >= 0.3 is 0 Å². The smallest absolute Gasteiger partial charge is 0.0717 e. The maximum absolute atomic E-state index is 9.64. The fourth-order valence-corrected chi connectivity index (χ4v) is 1.96. The van der Waals surface area contributed by atoms with Gasteiger partial charge in [-0.2, -0.15) is 0 Å². The van der Waals surface area contributed by atoms with Crippen LogP contribution in [0.5, 0.6) is 0 Å². The third-order valence-electron chi connectivity index (χ3n) is 3.15. The molecule has 0 saturated carbocycles. The van der Waals surface area contributed by atoms with Gasteiger partial charge in [-0.05, 0) is 30.4 Å². The predicted molar refractivity (Wildman–Crippen MR) is 87.8 cm³/mol. The standard InChI is InChI=1S/C19H26O2/c1-3-9-19(20)14-13-17(2)10-7-8-15-21-16-18-11-5-4-6-12-18/h4-6,11-12,19-20H,2-3,8-9,13-16H2,1H3. The predicted octanol–water partition coefficient (Wildman–Crippen LogP) is 4.09. The summed E-state index contributed by atoms with van der Waals surface area (Å²) in [6.07, 6.45) is 3.89. The second-order valence-corrected chi connectivity index (χ2v) is 5.17. The summed E-state index contributed by atoms with van der Waals surface area (Å²) in [4.78, 5) is 0. The number of hydrogen-bond acceptors (Lipinski definition) is 2. The Bertz CT molecular complexity index is 453. The molecule has 0 spiro atoms. The first-order valence-corrected chi connectivity index (χ1v) is 7.68. The summed E-state index contributed by atoms with van der Waals surface area (Å²) >= 11 is 0. The molecule has 0 radical (unpaired) electrons. The van der Waals surface area contributed by atoms with Crippen molar-refractivity contribution in [1.29, 1.82) is 0 Å². The molecule has 1 atom stereocenters. The summed E-state index contributed by atoms with van der Waals surface area (Å²) in [5, 5.41) is 9.64. The lowest BCUT2D eigenvalue weighted by Gasteiger charge is -2.07. The van der Waals surface area contributed by atoms with Gasteiger partial charge in [0.15, 0.2) is 0 Å². The van der Waals surface area contributed by atoms with Crippen molar-refractivity contribution in [1.82, 2.24) is 0 Å². The third kappa shape index (κ3) is 9.07. The molecule has 0 aliphatic rings. The summed E-state index contributed by atoms with van der Waals surface area (Å²) in [6.45, 7) is 7.27. The number of aliphatic hydroxyl groups is 1. The maximum Gasteiger partial charge on any atom is 0.0717 e. The van der Waals surface area contributed by atoms with E-state index in [0.29, 0.717) is 19.6 Å². The third-order valence-corrected chi connectivity index (χ3v) is 3.15. The normalized spacial score (nSPS) is 11.5. The largest absolute Gasteiger partial charge is 0.393 e. The quantitative estimate of drug-likeness (QED) is 0.547. The minimum Gasteiger partial charge on any atom is -0.393 e.